The van der Waals surface area contributed by atoms with Crippen molar-refractivity contribution in [3.63, 3.8) is 0 Å². The van der Waals surface area contributed by atoms with Gasteiger partial charge < -0.3 is 15.4 Å². The Labute approximate surface area is 225 Å². The fourth-order valence-corrected chi connectivity index (χ4v) is 3.77. The number of imidazole rings is 1. The van der Waals surface area contributed by atoms with Gasteiger partial charge in [0.25, 0.3) is 0 Å². The van der Waals surface area contributed by atoms with Gasteiger partial charge in [0.15, 0.2) is 5.13 Å². The Balaban J connectivity index is 0.000000353. The molecule has 0 bridgehead atoms. The lowest BCUT2D eigenvalue weighted by atomic mass is 10.1. The summed E-state index contributed by atoms with van der Waals surface area (Å²) in [7, 11) is 0. The number of fused-ring (bicyclic) bond motifs is 1. The molecule has 0 unspecified atom stereocenters. The highest BCUT2D eigenvalue weighted by Crippen LogP contribution is 2.26. The van der Waals surface area contributed by atoms with Gasteiger partial charge in [0.1, 0.15) is 0 Å². The molecule has 3 amide bonds. The number of aryl methyl sites for hydroxylation is 2. The van der Waals surface area contributed by atoms with Gasteiger partial charge in [-0.1, -0.05) is 19.9 Å². The molecular weight excluding hydrogens is 506 g/mol. The molecule has 11 nitrogen and oxygen atoms in total. The van der Waals surface area contributed by atoms with E-state index in [0.717, 1.165) is 16.0 Å². The Bertz CT molecular complexity index is 1380. The Morgan fingerprint density at radius 3 is 2.39 bits per heavy atom. The highest BCUT2D eigenvalue weighted by Gasteiger charge is 2.11. The van der Waals surface area contributed by atoms with Crippen molar-refractivity contribution in [3.8, 4) is 11.3 Å². The van der Waals surface area contributed by atoms with Crippen LogP contribution >= 0.6 is 11.3 Å². The minimum Gasteiger partial charge on any atom is -0.447 e. The van der Waals surface area contributed by atoms with Gasteiger partial charge in [0, 0.05) is 41.6 Å². The van der Waals surface area contributed by atoms with Gasteiger partial charge in [0.2, 0.25) is 18.1 Å². The highest BCUT2D eigenvalue weighted by atomic mass is 32.1. The van der Waals surface area contributed by atoms with E-state index in [9.17, 15) is 14.4 Å². The van der Waals surface area contributed by atoms with Gasteiger partial charge in [0.05, 0.1) is 23.7 Å². The van der Waals surface area contributed by atoms with Crippen LogP contribution in [0, 0.1) is 13.8 Å². The molecule has 202 valence electrons. The van der Waals surface area contributed by atoms with Crippen LogP contribution in [0.2, 0.25) is 0 Å². The molecule has 0 aliphatic heterocycles. The molecule has 1 aromatic carbocycles. The first-order valence-corrected chi connectivity index (χ1v) is 12.8. The first kappa shape index (κ1) is 29.9. The van der Waals surface area contributed by atoms with E-state index >= 15 is 0 Å². The molecule has 4 rings (SSSR count). The van der Waals surface area contributed by atoms with Crippen LogP contribution in [0.15, 0.2) is 43.0 Å². The topological polar surface area (TPSA) is 140 Å². The largest absolute Gasteiger partial charge is 0.447 e. The Morgan fingerprint density at radius 2 is 1.79 bits per heavy atom. The van der Waals surface area contributed by atoms with Crippen molar-refractivity contribution in [2.75, 3.05) is 16.0 Å². The number of benzene rings is 1. The number of aromatic nitrogens is 4. The number of amides is 3. The summed E-state index contributed by atoms with van der Waals surface area (Å²) in [6.07, 6.45) is 6.67. The van der Waals surface area contributed by atoms with Crippen molar-refractivity contribution in [1.29, 1.82) is 0 Å². The third-order valence-corrected chi connectivity index (χ3v) is 5.37. The zero-order chi connectivity index (χ0) is 28.2. The average molecular weight is 540 g/mol. The molecule has 0 aliphatic carbocycles. The maximum absolute atomic E-state index is 11.7. The zero-order valence-corrected chi connectivity index (χ0v) is 23.3. The van der Waals surface area contributed by atoms with Gasteiger partial charge in [-0.25, -0.2) is 19.7 Å². The monoisotopic (exact) mass is 539 g/mol. The molecule has 0 saturated carbocycles. The molecular formula is C26H33N7O4S. The van der Waals surface area contributed by atoms with Crippen molar-refractivity contribution in [2.45, 2.75) is 54.6 Å². The minimum absolute atomic E-state index is 0.0747. The molecule has 0 spiro atoms. The van der Waals surface area contributed by atoms with Crippen molar-refractivity contribution in [2.24, 2.45) is 0 Å². The number of carbonyl (C=O) groups excluding carboxylic acids is 3. The van der Waals surface area contributed by atoms with E-state index < -0.39 is 6.09 Å². The molecule has 0 atom stereocenters. The van der Waals surface area contributed by atoms with E-state index in [1.54, 1.807) is 30.6 Å². The third-order valence-electron chi connectivity index (χ3n) is 4.54. The van der Waals surface area contributed by atoms with Crippen molar-refractivity contribution in [3.05, 3.63) is 53.4 Å². The van der Waals surface area contributed by atoms with Crippen molar-refractivity contribution in [1.82, 2.24) is 19.4 Å². The number of nitrogens with one attached hydrogen (secondary N) is 3. The van der Waals surface area contributed by atoms with Crippen LogP contribution < -0.4 is 16.0 Å². The molecule has 3 N–H and O–H groups in total. The van der Waals surface area contributed by atoms with Crippen LogP contribution in [0.25, 0.3) is 17.0 Å². The molecule has 3 heterocycles. The maximum Gasteiger partial charge on any atom is 0.411 e. The van der Waals surface area contributed by atoms with Gasteiger partial charge >= 0.3 is 6.09 Å². The molecule has 38 heavy (non-hydrogen) atoms. The molecule has 12 heteroatoms. The smallest absolute Gasteiger partial charge is 0.411 e. The quantitative estimate of drug-likeness (QED) is 0.268. The number of hydrogen-bond donors (Lipinski definition) is 3. The van der Waals surface area contributed by atoms with Crippen LogP contribution in [0.4, 0.5) is 21.3 Å². The predicted molar refractivity (Wildman–Crippen MR) is 151 cm³/mol. The van der Waals surface area contributed by atoms with Crippen LogP contribution in [-0.2, 0) is 14.3 Å². The van der Waals surface area contributed by atoms with E-state index in [-0.39, 0.29) is 12.0 Å². The van der Waals surface area contributed by atoms with E-state index in [1.165, 1.54) is 24.5 Å². The summed E-state index contributed by atoms with van der Waals surface area (Å²) < 4.78 is 6.78. The van der Waals surface area contributed by atoms with E-state index in [1.807, 2.05) is 52.1 Å². The summed E-state index contributed by atoms with van der Waals surface area (Å²) in [5.41, 5.74) is 3.80. The molecule has 3 aromatic heterocycles. The number of rotatable bonds is 6. The first-order valence-electron chi connectivity index (χ1n) is 12.0. The van der Waals surface area contributed by atoms with Crippen LogP contribution in [0.1, 0.15) is 45.1 Å². The van der Waals surface area contributed by atoms with Gasteiger partial charge in [-0.15, -0.1) is 11.3 Å². The number of carbonyl (C=O) groups is 3. The summed E-state index contributed by atoms with van der Waals surface area (Å²) in [5.74, 6) is 0.422. The average Bonchev–Trinajstić information content (AvgIpc) is 3.46. The number of nitrogens with zero attached hydrogens (tertiary/aromatic N) is 4. The Morgan fingerprint density at radius 1 is 1.05 bits per heavy atom. The number of hydrogen-bond acceptors (Lipinski definition) is 8. The SMILES string of the molecule is CC.CC(=O)Nc1ncc(C)s1.Cc1ccc(NC=O)cc1-c1cn2cc(NC(=O)OC(C)C)cnc2n1. The van der Waals surface area contributed by atoms with E-state index in [0.29, 0.717) is 34.4 Å². The second-order valence-electron chi connectivity index (χ2n) is 8.00. The van der Waals surface area contributed by atoms with Crippen molar-refractivity contribution < 1.29 is 19.1 Å². The summed E-state index contributed by atoms with van der Waals surface area (Å²) in [6.45, 7) is 12.9. The first-order chi connectivity index (χ1) is 18.1. The lowest BCUT2D eigenvalue weighted by Gasteiger charge is -2.09. The lowest BCUT2D eigenvalue weighted by Crippen LogP contribution is -2.18. The summed E-state index contributed by atoms with van der Waals surface area (Å²) in [5, 5.41) is 8.53. The van der Waals surface area contributed by atoms with Crippen LogP contribution in [0.3, 0.4) is 0 Å². The van der Waals surface area contributed by atoms with E-state index in [4.69, 9.17) is 4.74 Å². The fourth-order valence-electron chi connectivity index (χ4n) is 3.06. The zero-order valence-electron chi connectivity index (χ0n) is 22.5. The second-order valence-corrected chi connectivity index (χ2v) is 9.24. The van der Waals surface area contributed by atoms with Gasteiger partial charge in [-0.2, -0.15) is 0 Å². The molecule has 0 saturated heterocycles. The Hall–Kier alpha value is -4.32. The standard InChI is InChI=1S/C18H19N5O3.C6H8N2OS.C2H6/c1-11(2)26-18(25)21-14-7-19-17-22-16(9-23(17)8-14)15-6-13(20-10-24)5-4-12(15)3;1-4-3-7-6(10-4)8-5(2)9;1-2/h4-11H,1-3H3,(H,20,24)(H,21,25);3H,1-2H3,(H,7,8,9);1-2H3. The van der Waals surface area contributed by atoms with Gasteiger partial charge in [-0.3, -0.25) is 19.3 Å². The maximum atomic E-state index is 11.7. The fraction of sp³-hybridized carbons (Fsp3) is 0.308. The molecule has 0 fully saturated rings. The summed E-state index contributed by atoms with van der Waals surface area (Å²) in [6, 6.07) is 5.59. The van der Waals surface area contributed by atoms with Crippen LogP contribution in [0.5, 0.6) is 0 Å². The molecule has 0 aliphatic rings. The molecule has 0 radical (unpaired) electrons. The number of ether oxygens (including phenoxy) is 1. The predicted octanol–water partition coefficient (Wildman–Crippen LogP) is 5.67. The number of thiazole rings is 1. The summed E-state index contributed by atoms with van der Waals surface area (Å²) in [4.78, 5) is 46.6. The highest BCUT2D eigenvalue weighted by molar-refractivity contribution is 7.15. The van der Waals surface area contributed by atoms with Crippen molar-refractivity contribution >= 4 is 52.0 Å². The second kappa shape index (κ2) is 14.4. The van der Waals surface area contributed by atoms with E-state index in [2.05, 4.69) is 30.9 Å². The summed E-state index contributed by atoms with van der Waals surface area (Å²) >= 11 is 1.47. The third kappa shape index (κ3) is 8.96. The van der Waals surface area contributed by atoms with Gasteiger partial charge in [-0.05, 0) is 45.4 Å². The normalized spacial score (nSPS) is 10.0. The minimum atomic E-state index is -0.537. The Kier molecular flexibility index (Phi) is 11.4. The lowest BCUT2D eigenvalue weighted by molar-refractivity contribution is -0.114. The van der Waals surface area contributed by atoms with Crippen LogP contribution in [-0.4, -0.2) is 43.9 Å². The molecule has 4 aromatic rings. The number of anilines is 3.